The first kappa shape index (κ1) is 17.7. The number of thioether (sulfide) groups is 1. The molecule has 2 heterocycles. The van der Waals surface area contributed by atoms with Crippen LogP contribution in [0.5, 0.6) is 0 Å². The number of amides is 2. The van der Waals surface area contributed by atoms with Crippen LogP contribution in [0.15, 0.2) is 27.5 Å². The molecule has 0 atom stereocenters. The van der Waals surface area contributed by atoms with Gasteiger partial charge in [-0.2, -0.15) is 5.10 Å². The lowest BCUT2D eigenvalue weighted by Crippen LogP contribution is -2.40. The summed E-state index contributed by atoms with van der Waals surface area (Å²) in [6.45, 7) is 0.427. The minimum atomic E-state index is -0.411. The standard InChI is InChI=1S/C17H22N4O3S/c1-20-15(23)11-25-13-9-19-21(17(24)16(13)20)10-14(22)18-8-7-12-5-3-2-4-6-12/h5,9H,2-4,6-8,10-11H2,1H3,(H,18,22). The minimum absolute atomic E-state index is 0.127. The zero-order chi connectivity index (χ0) is 17.8. The maximum Gasteiger partial charge on any atom is 0.292 e. The number of nitrogens with zero attached hydrogens (tertiary/aromatic N) is 3. The second kappa shape index (κ2) is 7.86. The van der Waals surface area contributed by atoms with Crippen molar-refractivity contribution in [3.8, 4) is 0 Å². The van der Waals surface area contributed by atoms with Crippen LogP contribution >= 0.6 is 11.8 Å². The molecule has 0 saturated heterocycles. The van der Waals surface area contributed by atoms with Gasteiger partial charge < -0.3 is 10.2 Å². The molecular weight excluding hydrogens is 340 g/mol. The molecule has 1 N–H and O–H groups in total. The van der Waals surface area contributed by atoms with Crippen molar-refractivity contribution in [2.24, 2.45) is 0 Å². The lowest BCUT2D eigenvalue weighted by molar-refractivity contribution is -0.121. The molecule has 3 rings (SSSR count). The number of aromatic nitrogens is 2. The van der Waals surface area contributed by atoms with Crippen molar-refractivity contribution in [3.63, 3.8) is 0 Å². The Morgan fingerprint density at radius 3 is 2.96 bits per heavy atom. The number of hydrogen-bond donors (Lipinski definition) is 1. The Hall–Kier alpha value is -2.09. The number of rotatable bonds is 5. The van der Waals surface area contributed by atoms with Gasteiger partial charge in [0, 0.05) is 13.6 Å². The summed E-state index contributed by atoms with van der Waals surface area (Å²) in [5.41, 5.74) is 1.29. The fourth-order valence-corrected chi connectivity index (χ4v) is 3.99. The number of hydrogen-bond acceptors (Lipinski definition) is 5. The third kappa shape index (κ3) is 4.12. The van der Waals surface area contributed by atoms with E-state index in [-0.39, 0.29) is 18.4 Å². The summed E-state index contributed by atoms with van der Waals surface area (Å²) in [7, 11) is 1.57. The van der Waals surface area contributed by atoms with Crippen LogP contribution in [-0.2, 0) is 16.1 Å². The van der Waals surface area contributed by atoms with Crippen molar-refractivity contribution in [2.75, 3.05) is 24.2 Å². The van der Waals surface area contributed by atoms with Crippen LogP contribution in [0, 0.1) is 0 Å². The van der Waals surface area contributed by atoms with Gasteiger partial charge in [0.2, 0.25) is 11.8 Å². The average molecular weight is 362 g/mol. The summed E-state index contributed by atoms with van der Waals surface area (Å²) in [5, 5.41) is 6.90. The van der Waals surface area contributed by atoms with Gasteiger partial charge in [0.1, 0.15) is 12.2 Å². The van der Waals surface area contributed by atoms with E-state index in [0.29, 0.717) is 22.9 Å². The maximum absolute atomic E-state index is 12.5. The molecule has 1 aromatic heterocycles. The van der Waals surface area contributed by atoms with Crippen LogP contribution in [0.2, 0.25) is 0 Å². The molecule has 2 aliphatic rings. The highest BCUT2D eigenvalue weighted by atomic mass is 32.2. The Balaban J connectivity index is 1.61. The fraction of sp³-hybridized carbons (Fsp3) is 0.529. The fourth-order valence-electron chi connectivity index (χ4n) is 3.04. The number of allylic oxidation sites excluding steroid dienone is 1. The SMILES string of the molecule is CN1C(=O)CSc2cnn(CC(=O)NCCC3=CCCCC3)c(=O)c21. The van der Waals surface area contributed by atoms with E-state index < -0.39 is 5.56 Å². The molecule has 8 heteroatoms. The van der Waals surface area contributed by atoms with E-state index in [1.807, 2.05) is 0 Å². The molecule has 1 aromatic rings. The second-order valence-electron chi connectivity index (χ2n) is 6.27. The molecule has 2 amide bonds. The first-order valence-corrected chi connectivity index (χ1v) is 9.49. The molecule has 0 bridgehead atoms. The van der Waals surface area contributed by atoms with Crippen molar-refractivity contribution in [2.45, 2.75) is 43.5 Å². The van der Waals surface area contributed by atoms with E-state index in [9.17, 15) is 14.4 Å². The topological polar surface area (TPSA) is 84.3 Å². The van der Waals surface area contributed by atoms with Crippen molar-refractivity contribution in [1.82, 2.24) is 15.1 Å². The lowest BCUT2D eigenvalue weighted by Gasteiger charge is -2.24. The van der Waals surface area contributed by atoms with E-state index in [1.54, 1.807) is 13.2 Å². The zero-order valence-corrected chi connectivity index (χ0v) is 15.1. The summed E-state index contributed by atoms with van der Waals surface area (Å²) in [4.78, 5) is 38.4. The quantitative estimate of drug-likeness (QED) is 0.799. The molecule has 0 saturated carbocycles. The van der Waals surface area contributed by atoms with Gasteiger partial charge in [-0.05, 0) is 32.1 Å². The molecular formula is C17H22N4O3S. The van der Waals surface area contributed by atoms with Crippen molar-refractivity contribution in [3.05, 3.63) is 28.2 Å². The first-order valence-electron chi connectivity index (χ1n) is 8.50. The largest absolute Gasteiger partial charge is 0.354 e. The molecule has 0 fully saturated rings. The van der Waals surface area contributed by atoms with Gasteiger partial charge in [-0.25, -0.2) is 4.68 Å². The third-order valence-electron chi connectivity index (χ3n) is 4.49. The van der Waals surface area contributed by atoms with Gasteiger partial charge in [-0.15, -0.1) is 11.8 Å². The van der Waals surface area contributed by atoms with Crippen LogP contribution in [-0.4, -0.2) is 40.9 Å². The molecule has 0 radical (unpaired) electrons. The van der Waals surface area contributed by atoms with Crippen molar-refractivity contribution >= 4 is 29.3 Å². The molecule has 0 unspecified atom stereocenters. The van der Waals surface area contributed by atoms with Crippen molar-refractivity contribution < 1.29 is 9.59 Å². The van der Waals surface area contributed by atoms with Crippen LogP contribution in [0.25, 0.3) is 0 Å². The Labute approximate surface area is 150 Å². The first-order chi connectivity index (χ1) is 12.1. The molecule has 0 spiro atoms. The van der Waals surface area contributed by atoms with Gasteiger partial charge in [0.25, 0.3) is 5.56 Å². The van der Waals surface area contributed by atoms with Gasteiger partial charge >= 0.3 is 0 Å². The summed E-state index contributed by atoms with van der Waals surface area (Å²) in [6.07, 6.45) is 9.37. The Morgan fingerprint density at radius 1 is 1.36 bits per heavy atom. The predicted octanol–water partition coefficient (Wildman–Crippen LogP) is 1.32. The Bertz CT molecular complexity index is 772. The molecule has 134 valence electrons. The number of nitrogens with one attached hydrogen (secondary N) is 1. The van der Waals surface area contributed by atoms with Gasteiger partial charge in [-0.1, -0.05) is 11.6 Å². The Morgan fingerprint density at radius 2 is 2.20 bits per heavy atom. The van der Waals surface area contributed by atoms with Crippen LogP contribution in [0.3, 0.4) is 0 Å². The van der Waals surface area contributed by atoms with Gasteiger partial charge in [0.15, 0.2) is 0 Å². The van der Waals surface area contributed by atoms with E-state index >= 15 is 0 Å². The maximum atomic E-state index is 12.5. The van der Waals surface area contributed by atoms with Crippen LogP contribution in [0.4, 0.5) is 5.69 Å². The number of carbonyl (C=O) groups is 2. The van der Waals surface area contributed by atoms with Gasteiger partial charge in [0.05, 0.1) is 16.8 Å². The predicted molar refractivity (Wildman–Crippen MR) is 96.8 cm³/mol. The highest BCUT2D eigenvalue weighted by molar-refractivity contribution is 8.00. The molecule has 25 heavy (non-hydrogen) atoms. The third-order valence-corrected chi connectivity index (χ3v) is 5.49. The summed E-state index contributed by atoms with van der Waals surface area (Å²) in [6, 6.07) is 0. The number of anilines is 1. The minimum Gasteiger partial charge on any atom is -0.354 e. The van der Waals surface area contributed by atoms with Crippen LogP contribution in [0.1, 0.15) is 32.1 Å². The zero-order valence-electron chi connectivity index (χ0n) is 14.3. The summed E-state index contributed by atoms with van der Waals surface area (Å²) < 4.78 is 1.11. The lowest BCUT2D eigenvalue weighted by atomic mass is 9.97. The average Bonchev–Trinajstić information content (AvgIpc) is 2.61. The smallest absolute Gasteiger partial charge is 0.292 e. The normalized spacial score (nSPS) is 17.1. The second-order valence-corrected chi connectivity index (χ2v) is 7.29. The van der Waals surface area contributed by atoms with Crippen molar-refractivity contribution in [1.29, 1.82) is 0 Å². The summed E-state index contributed by atoms with van der Waals surface area (Å²) >= 11 is 1.30. The molecule has 1 aliphatic carbocycles. The van der Waals surface area contributed by atoms with E-state index in [1.165, 1.54) is 35.1 Å². The number of carbonyl (C=O) groups excluding carboxylic acids is 2. The molecule has 0 aromatic carbocycles. The molecule has 1 aliphatic heterocycles. The monoisotopic (exact) mass is 362 g/mol. The highest BCUT2D eigenvalue weighted by Crippen LogP contribution is 2.30. The highest BCUT2D eigenvalue weighted by Gasteiger charge is 2.26. The van der Waals surface area contributed by atoms with Gasteiger partial charge in [-0.3, -0.25) is 14.4 Å². The van der Waals surface area contributed by atoms with E-state index in [0.717, 1.165) is 23.9 Å². The molecule has 7 nitrogen and oxygen atoms in total. The van der Waals surface area contributed by atoms with Crippen LogP contribution < -0.4 is 15.8 Å². The Kier molecular flexibility index (Phi) is 5.57. The number of fused-ring (bicyclic) bond motifs is 1. The van der Waals surface area contributed by atoms with E-state index in [2.05, 4.69) is 16.5 Å². The van der Waals surface area contributed by atoms with E-state index in [4.69, 9.17) is 0 Å². The summed E-state index contributed by atoms with van der Waals surface area (Å²) in [5.74, 6) is -0.0775.